The number of phosphoric ester groups is 2. The van der Waals surface area contributed by atoms with Gasteiger partial charge in [0, 0.05) is 19.3 Å². The number of hydrogen-bond donors (Lipinski definition) is 4. The molecule has 0 aromatic rings. The average Bonchev–Trinajstić information content (AvgIpc) is 0.896. The first-order valence-corrected chi connectivity index (χ1v) is 47.7. The van der Waals surface area contributed by atoms with Gasteiger partial charge in [0.05, 0.1) is 26.4 Å². The summed E-state index contributed by atoms with van der Waals surface area (Å²) in [5.74, 6) is -1.62. The predicted octanol–water partition coefficient (Wildman–Crippen LogP) is 27.4. The maximum atomic E-state index is 13.0. The third kappa shape index (κ3) is 89.0. The molecule has 0 heterocycles. The van der Waals surface area contributed by atoms with Crippen molar-refractivity contribution in [2.24, 2.45) is 0 Å². The van der Waals surface area contributed by atoms with Crippen molar-refractivity contribution in [1.29, 1.82) is 0 Å². The third-order valence-corrected chi connectivity index (χ3v) is 20.2. The first-order chi connectivity index (χ1) is 56.2. The van der Waals surface area contributed by atoms with Gasteiger partial charge in [0.25, 0.3) is 0 Å². The van der Waals surface area contributed by atoms with Crippen LogP contribution in [0.1, 0.15) is 342 Å². The second kappa shape index (κ2) is 87.7. The van der Waals surface area contributed by atoms with Crippen LogP contribution in [0.3, 0.4) is 0 Å². The molecule has 0 aliphatic rings. The maximum Gasteiger partial charge on any atom is 0.472 e. The lowest BCUT2D eigenvalue weighted by Crippen LogP contribution is -2.30. The highest BCUT2D eigenvalue weighted by Gasteiger charge is 2.29. The van der Waals surface area contributed by atoms with Gasteiger partial charge >= 0.3 is 33.6 Å². The molecule has 115 heavy (non-hydrogen) atoms. The van der Waals surface area contributed by atoms with Crippen molar-refractivity contribution in [1.82, 2.24) is 0 Å². The van der Waals surface area contributed by atoms with Gasteiger partial charge in [0.15, 0.2) is 6.10 Å². The Hall–Kier alpha value is -5.61. The fourth-order valence-corrected chi connectivity index (χ4v) is 13.2. The van der Waals surface area contributed by atoms with Crippen molar-refractivity contribution in [3.05, 3.63) is 194 Å². The van der Waals surface area contributed by atoms with Crippen LogP contribution in [0.5, 0.6) is 0 Å². The molecular weight excluding hydrogens is 1480 g/mol. The zero-order valence-electron chi connectivity index (χ0n) is 71.9. The number of rotatable bonds is 83. The number of hydrogen-bond acceptors (Lipinski definition) is 14. The van der Waals surface area contributed by atoms with E-state index in [0.29, 0.717) is 19.3 Å². The van der Waals surface area contributed by atoms with E-state index in [4.69, 9.17) is 32.3 Å². The van der Waals surface area contributed by atoms with Gasteiger partial charge in [0.2, 0.25) is 0 Å². The zero-order chi connectivity index (χ0) is 83.6. The minimum Gasteiger partial charge on any atom is -0.463 e. The van der Waals surface area contributed by atoms with Crippen LogP contribution in [-0.4, -0.2) is 95.9 Å². The molecule has 4 N–H and O–H groups in total. The van der Waals surface area contributed by atoms with E-state index in [1.807, 2.05) is 0 Å². The molecule has 18 heteroatoms. The highest BCUT2D eigenvalue weighted by atomic mass is 31.2. The molecule has 0 aliphatic carbocycles. The quantitative estimate of drug-likeness (QED) is 0.0146. The van der Waals surface area contributed by atoms with Gasteiger partial charge < -0.3 is 34.2 Å². The minimum absolute atomic E-state index is 0.0596. The largest absolute Gasteiger partial charge is 0.472 e. The van der Waals surface area contributed by atoms with Gasteiger partial charge in [-0.25, -0.2) is 9.13 Å². The number of aliphatic hydroxyl groups excluding tert-OH is 2. The highest BCUT2D eigenvalue weighted by Crippen LogP contribution is 2.45. The second-order valence-electron chi connectivity index (χ2n) is 29.3. The Bertz CT molecular complexity index is 2870. The number of carbonyl (C=O) groups is 3. The van der Waals surface area contributed by atoms with E-state index in [2.05, 4.69) is 215 Å². The molecule has 0 aliphatic heterocycles. The van der Waals surface area contributed by atoms with E-state index >= 15 is 0 Å². The Labute approximate surface area is 699 Å². The SMILES string of the molecule is CC/C=C\C/C=C\C/C=C\C/C=C\C/C=C\C/C=C\CCCCCCCCCCCCCCC(=O)OCC(O)COP(=O)(O)OCC(O)COP(=O)(O)OCC(COC(=O)CCCCCCCCCCCCCCC/C=C\C/C=C\C/C=C\C/C=C\C/C=C\CC)OC(=O)CCCCC/C=C\C/C=C\C/C=C\C/C=C\C/C=C\CC. The topological polar surface area (TPSA) is 231 Å². The predicted molar refractivity (Wildman–Crippen MR) is 481 cm³/mol. The summed E-state index contributed by atoms with van der Waals surface area (Å²) in [6.45, 7) is 2.31. The molecule has 0 fully saturated rings. The third-order valence-electron chi connectivity index (χ3n) is 18.3. The number of phosphoric acid groups is 2. The summed E-state index contributed by atoms with van der Waals surface area (Å²) < 4.78 is 61.4. The molecule has 0 saturated carbocycles. The number of carbonyl (C=O) groups excluding carboxylic acids is 3. The lowest BCUT2D eigenvalue weighted by atomic mass is 10.0. The van der Waals surface area contributed by atoms with Crippen LogP contribution < -0.4 is 0 Å². The summed E-state index contributed by atoms with van der Waals surface area (Å²) in [5, 5.41) is 20.7. The van der Waals surface area contributed by atoms with Gasteiger partial charge in [-0.2, -0.15) is 0 Å². The lowest BCUT2D eigenvalue weighted by Gasteiger charge is -2.21. The Morgan fingerprint density at radius 2 is 0.435 bits per heavy atom. The van der Waals surface area contributed by atoms with Crippen molar-refractivity contribution < 1.29 is 75.8 Å². The summed E-state index contributed by atoms with van der Waals surface area (Å²) in [7, 11) is -9.83. The van der Waals surface area contributed by atoms with Crippen molar-refractivity contribution in [3.63, 3.8) is 0 Å². The van der Waals surface area contributed by atoms with E-state index in [-0.39, 0.29) is 19.3 Å². The number of esters is 3. The molecular formula is C97H160O16P2. The van der Waals surface area contributed by atoms with Crippen LogP contribution in [0.15, 0.2) is 194 Å². The fraction of sp³-hybridized carbons (Fsp3) is 0.639. The van der Waals surface area contributed by atoms with Crippen LogP contribution >= 0.6 is 15.6 Å². The number of allylic oxidation sites excluding steroid dienone is 32. The zero-order valence-corrected chi connectivity index (χ0v) is 73.7. The standard InChI is InChI=1S/C97H160O16P2/c1-4-7-10-13-16-19-22-25-28-31-34-36-38-40-42-44-45-47-49-50-52-54-57-59-62-65-68-71-74-77-80-83-95(100)107-86-92(98)87-109-114(103,104)110-88-93(99)89-111-115(105,106)112-91-94(113-97(102)85-82-79-76-73-70-67-64-61-56-33-30-27-24-21-18-15-12-9-6-3)90-108-96(101)84-81-78-75-72-69-66-63-60-58-55-53-51-48-46-43-41-39-37-35-32-29-26-23-20-17-14-11-8-5-2/h7-12,16-21,25-30,34-37,40-43,45,47,56,61,67,70,92-94,98-99H,4-6,13-15,22-24,31-33,38-39,44,46,48-55,57-60,62-66,68-69,71-91H2,1-3H3,(H,103,104)(H,105,106)/b10-7-,11-8-,12-9-,19-16-,20-17-,21-18-,28-25-,29-26-,30-27-,36-34-,37-35-,42-40-,43-41-,47-45-,61-56-,70-67-. The second-order valence-corrected chi connectivity index (χ2v) is 32.2. The van der Waals surface area contributed by atoms with Crippen LogP contribution in [0.25, 0.3) is 0 Å². The Morgan fingerprint density at radius 3 is 0.696 bits per heavy atom. The molecule has 0 spiro atoms. The van der Waals surface area contributed by atoms with Gasteiger partial charge in [-0.05, 0) is 161 Å². The number of aliphatic hydroxyl groups is 2. The summed E-state index contributed by atoms with van der Waals surface area (Å²) >= 11 is 0. The monoisotopic (exact) mass is 1640 g/mol. The highest BCUT2D eigenvalue weighted by molar-refractivity contribution is 7.47. The Morgan fingerprint density at radius 1 is 0.243 bits per heavy atom. The Kier molecular flexibility index (Phi) is 83.4. The molecule has 5 unspecified atom stereocenters. The Balaban J connectivity index is 4.60. The molecule has 0 aromatic heterocycles. The molecule has 0 amide bonds. The van der Waals surface area contributed by atoms with Crippen LogP contribution in [0.4, 0.5) is 0 Å². The first-order valence-electron chi connectivity index (χ1n) is 44.7. The molecule has 0 radical (unpaired) electrons. The maximum absolute atomic E-state index is 13.0. The molecule has 5 atom stereocenters. The van der Waals surface area contributed by atoms with Crippen LogP contribution in [0.2, 0.25) is 0 Å². The van der Waals surface area contributed by atoms with Crippen molar-refractivity contribution in [3.8, 4) is 0 Å². The normalized spacial score (nSPS) is 14.7. The van der Waals surface area contributed by atoms with E-state index < -0.39 is 91.5 Å². The van der Waals surface area contributed by atoms with Gasteiger partial charge in [-0.15, -0.1) is 0 Å². The van der Waals surface area contributed by atoms with Gasteiger partial charge in [0.1, 0.15) is 25.4 Å². The van der Waals surface area contributed by atoms with Crippen molar-refractivity contribution >= 4 is 33.6 Å². The molecule has 16 nitrogen and oxygen atoms in total. The summed E-state index contributed by atoms with van der Waals surface area (Å²) in [6.07, 6.45) is 116. The number of ether oxygens (including phenoxy) is 3. The van der Waals surface area contributed by atoms with Crippen LogP contribution in [0, 0.1) is 0 Å². The number of unbranched alkanes of at least 4 members (excludes halogenated alkanes) is 28. The summed E-state index contributed by atoms with van der Waals surface area (Å²) in [4.78, 5) is 58.9. The smallest absolute Gasteiger partial charge is 0.463 e. The molecule has 0 saturated heterocycles. The van der Waals surface area contributed by atoms with Crippen LogP contribution in [-0.2, 0) is 55.8 Å². The molecule has 0 bridgehead atoms. The van der Waals surface area contributed by atoms with E-state index in [9.17, 15) is 43.5 Å². The molecule has 0 aromatic carbocycles. The van der Waals surface area contributed by atoms with Crippen molar-refractivity contribution in [2.75, 3.05) is 39.6 Å². The average molecular weight is 1640 g/mol. The van der Waals surface area contributed by atoms with Gasteiger partial charge in [-0.3, -0.25) is 32.5 Å². The fourth-order valence-electron chi connectivity index (χ4n) is 11.6. The summed E-state index contributed by atoms with van der Waals surface area (Å²) in [5.41, 5.74) is 0. The molecule has 0 rings (SSSR count). The van der Waals surface area contributed by atoms with Crippen molar-refractivity contribution in [2.45, 2.75) is 360 Å². The minimum atomic E-state index is -4.95. The van der Waals surface area contributed by atoms with E-state index in [0.717, 1.165) is 180 Å². The van der Waals surface area contributed by atoms with Gasteiger partial charge in [-0.1, -0.05) is 356 Å². The first kappa shape index (κ1) is 109. The van der Waals surface area contributed by atoms with E-state index in [1.165, 1.54) is 103 Å². The molecule has 654 valence electrons. The van der Waals surface area contributed by atoms with E-state index in [1.54, 1.807) is 0 Å². The lowest BCUT2D eigenvalue weighted by molar-refractivity contribution is -0.161. The summed E-state index contributed by atoms with van der Waals surface area (Å²) in [6, 6.07) is 0.